The molecular formula is C14H18N4O. The van der Waals surface area contributed by atoms with Crippen molar-refractivity contribution in [1.29, 1.82) is 0 Å². The Morgan fingerprint density at radius 2 is 2.21 bits per heavy atom. The molecule has 0 unspecified atom stereocenters. The van der Waals surface area contributed by atoms with Crippen LogP contribution in [0.15, 0.2) is 28.8 Å². The van der Waals surface area contributed by atoms with Gasteiger partial charge in [-0.15, -0.1) is 0 Å². The lowest BCUT2D eigenvalue weighted by atomic mass is 10.2. The molecule has 1 aromatic heterocycles. The molecule has 1 aliphatic heterocycles. The van der Waals surface area contributed by atoms with Crippen LogP contribution in [0.3, 0.4) is 0 Å². The van der Waals surface area contributed by atoms with Gasteiger partial charge in [0.05, 0.1) is 17.9 Å². The zero-order valence-electron chi connectivity index (χ0n) is 11.3. The highest BCUT2D eigenvalue weighted by Gasteiger charge is 2.18. The van der Waals surface area contributed by atoms with Crippen LogP contribution in [0, 0.1) is 0 Å². The van der Waals surface area contributed by atoms with E-state index in [2.05, 4.69) is 52.4 Å². The van der Waals surface area contributed by atoms with Crippen LogP contribution >= 0.6 is 0 Å². The maximum Gasteiger partial charge on any atom is 0.229 e. The molecular weight excluding hydrogens is 240 g/mol. The summed E-state index contributed by atoms with van der Waals surface area (Å²) in [6.45, 7) is 6.68. The summed E-state index contributed by atoms with van der Waals surface area (Å²) < 4.78 is 5.25. The van der Waals surface area contributed by atoms with Gasteiger partial charge in [-0.1, -0.05) is 31.1 Å². The van der Waals surface area contributed by atoms with Crippen molar-refractivity contribution in [3.63, 3.8) is 0 Å². The minimum Gasteiger partial charge on any atom is -0.382 e. The molecule has 0 bridgehead atoms. The van der Waals surface area contributed by atoms with Crippen LogP contribution in [-0.4, -0.2) is 23.2 Å². The molecule has 0 spiro atoms. The van der Waals surface area contributed by atoms with E-state index >= 15 is 0 Å². The van der Waals surface area contributed by atoms with Gasteiger partial charge in [-0.2, -0.15) is 4.98 Å². The average Bonchev–Trinajstić information content (AvgIpc) is 2.88. The van der Waals surface area contributed by atoms with Gasteiger partial charge in [-0.25, -0.2) is 0 Å². The van der Waals surface area contributed by atoms with E-state index in [1.165, 1.54) is 11.4 Å². The molecule has 5 heteroatoms. The van der Waals surface area contributed by atoms with Crippen molar-refractivity contribution in [1.82, 2.24) is 10.1 Å². The first-order valence-corrected chi connectivity index (χ1v) is 6.64. The topological polar surface area (TPSA) is 54.2 Å². The fraction of sp³-hybridized carbons (Fsp3) is 0.429. The van der Waals surface area contributed by atoms with Gasteiger partial charge in [0.1, 0.15) is 0 Å². The molecule has 19 heavy (non-hydrogen) atoms. The van der Waals surface area contributed by atoms with Gasteiger partial charge in [-0.05, 0) is 12.1 Å². The van der Waals surface area contributed by atoms with Crippen LogP contribution in [0.4, 0.5) is 11.4 Å². The Labute approximate surface area is 112 Å². The number of benzene rings is 1. The quantitative estimate of drug-likeness (QED) is 0.917. The van der Waals surface area contributed by atoms with Gasteiger partial charge in [0.2, 0.25) is 5.89 Å². The van der Waals surface area contributed by atoms with Crippen LogP contribution in [0.2, 0.25) is 0 Å². The van der Waals surface area contributed by atoms with E-state index < -0.39 is 0 Å². The fourth-order valence-electron chi connectivity index (χ4n) is 2.25. The molecule has 0 amide bonds. The van der Waals surface area contributed by atoms with Crippen molar-refractivity contribution in [2.75, 3.05) is 23.3 Å². The van der Waals surface area contributed by atoms with Crippen molar-refractivity contribution in [3.05, 3.63) is 36.0 Å². The lowest BCUT2D eigenvalue weighted by Gasteiger charge is -2.30. The Bertz CT molecular complexity index is 564. The summed E-state index contributed by atoms with van der Waals surface area (Å²) in [7, 11) is 0. The van der Waals surface area contributed by atoms with Gasteiger partial charge in [-0.3, -0.25) is 0 Å². The summed E-state index contributed by atoms with van der Waals surface area (Å²) in [5.74, 6) is 1.73. The highest BCUT2D eigenvalue weighted by atomic mass is 16.5. The second-order valence-electron chi connectivity index (χ2n) is 5.07. The Kier molecular flexibility index (Phi) is 3.11. The van der Waals surface area contributed by atoms with Gasteiger partial charge in [0, 0.05) is 19.0 Å². The smallest absolute Gasteiger partial charge is 0.229 e. The summed E-state index contributed by atoms with van der Waals surface area (Å²) >= 11 is 0. The van der Waals surface area contributed by atoms with Crippen molar-refractivity contribution < 1.29 is 4.52 Å². The second-order valence-corrected chi connectivity index (χ2v) is 5.07. The normalized spacial score (nSPS) is 14.4. The SMILES string of the molecule is CC(C)c1nc(CN2CCNc3ccccc32)no1. The van der Waals surface area contributed by atoms with E-state index in [1.54, 1.807) is 0 Å². The molecule has 1 aliphatic rings. The van der Waals surface area contributed by atoms with Crippen LogP contribution in [0.25, 0.3) is 0 Å². The fourth-order valence-corrected chi connectivity index (χ4v) is 2.25. The van der Waals surface area contributed by atoms with E-state index in [9.17, 15) is 0 Å². The largest absolute Gasteiger partial charge is 0.382 e. The Morgan fingerprint density at radius 1 is 1.37 bits per heavy atom. The highest BCUT2D eigenvalue weighted by molar-refractivity contribution is 5.71. The zero-order valence-corrected chi connectivity index (χ0v) is 11.3. The number of hydrogen-bond donors (Lipinski definition) is 1. The number of rotatable bonds is 3. The first kappa shape index (κ1) is 12.0. The van der Waals surface area contributed by atoms with Crippen LogP contribution < -0.4 is 10.2 Å². The van der Waals surface area contributed by atoms with Gasteiger partial charge in [0.15, 0.2) is 5.82 Å². The molecule has 0 saturated heterocycles. The van der Waals surface area contributed by atoms with E-state index in [0.29, 0.717) is 12.4 Å². The molecule has 0 aliphatic carbocycles. The predicted molar refractivity (Wildman–Crippen MR) is 74.4 cm³/mol. The molecule has 1 aromatic carbocycles. The second kappa shape index (κ2) is 4.91. The summed E-state index contributed by atoms with van der Waals surface area (Å²) in [5.41, 5.74) is 2.37. The molecule has 0 fully saturated rings. The molecule has 0 saturated carbocycles. The monoisotopic (exact) mass is 258 g/mol. The van der Waals surface area contributed by atoms with Crippen molar-refractivity contribution in [2.45, 2.75) is 26.3 Å². The first-order valence-electron chi connectivity index (χ1n) is 6.64. The lowest BCUT2D eigenvalue weighted by molar-refractivity contribution is 0.360. The maximum atomic E-state index is 5.25. The minimum absolute atomic E-state index is 0.275. The predicted octanol–water partition coefficient (Wildman–Crippen LogP) is 2.63. The van der Waals surface area contributed by atoms with Crippen LogP contribution in [0.5, 0.6) is 0 Å². The number of anilines is 2. The number of aromatic nitrogens is 2. The van der Waals surface area contributed by atoms with Crippen LogP contribution in [0.1, 0.15) is 31.5 Å². The third-order valence-electron chi connectivity index (χ3n) is 3.25. The number of nitrogens with zero attached hydrogens (tertiary/aromatic N) is 3. The highest BCUT2D eigenvalue weighted by Crippen LogP contribution is 2.29. The molecule has 1 N–H and O–H groups in total. The summed E-state index contributed by atoms with van der Waals surface area (Å²) in [4.78, 5) is 6.72. The van der Waals surface area contributed by atoms with Crippen molar-refractivity contribution in [2.24, 2.45) is 0 Å². The van der Waals surface area contributed by atoms with E-state index in [4.69, 9.17) is 4.52 Å². The molecule has 3 rings (SSSR count). The van der Waals surface area contributed by atoms with Gasteiger partial charge >= 0.3 is 0 Å². The number of fused-ring (bicyclic) bond motifs is 1. The molecule has 2 aromatic rings. The number of hydrogen-bond acceptors (Lipinski definition) is 5. The number of nitrogens with one attached hydrogen (secondary N) is 1. The Hall–Kier alpha value is -2.04. The molecule has 5 nitrogen and oxygen atoms in total. The molecule has 2 heterocycles. The zero-order chi connectivity index (χ0) is 13.2. The Morgan fingerprint density at radius 3 is 3.00 bits per heavy atom. The summed E-state index contributed by atoms with van der Waals surface area (Å²) in [6.07, 6.45) is 0. The average molecular weight is 258 g/mol. The van der Waals surface area contributed by atoms with Crippen molar-refractivity contribution >= 4 is 11.4 Å². The third kappa shape index (κ3) is 2.41. The van der Waals surface area contributed by atoms with E-state index in [0.717, 1.165) is 18.9 Å². The molecule has 0 radical (unpaired) electrons. The van der Waals surface area contributed by atoms with Crippen molar-refractivity contribution in [3.8, 4) is 0 Å². The summed E-state index contributed by atoms with van der Waals surface area (Å²) in [6, 6.07) is 8.30. The molecule has 100 valence electrons. The first-order chi connectivity index (χ1) is 9.24. The molecule has 0 atom stereocenters. The van der Waals surface area contributed by atoms with E-state index in [-0.39, 0.29) is 5.92 Å². The minimum atomic E-state index is 0.275. The third-order valence-corrected chi connectivity index (χ3v) is 3.25. The number of para-hydroxylation sites is 2. The standard InChI is InChI=1S/C14H18N4O/c1-10(2)14-16-13(17-19-14)9-18-8-7-15-11-5-3-4-6-12(11)18/h3-6,10,15H,7-9H2,1-2H3. The van der Waals surface area contributed by atoms with Crippen LogP contribution in [-0.2, 0) is 6.54 Å². The van der Waals surface area contributed by atoms with Gasteiger partial charge < -0.3 is 14.7 Å². The summed E-state index contributed by atoms with van der Waals surface area (Å²) in [5, 5.41) is 7.45. The van der Waals surface area contributed by atoms with Gasteiger partial charge in [0.25, 0.3) is 0 Å². The Balaban J connectivity index is 1.80. The van der Waals surface area contributed by atoms with E-state index in [1.807, 2.05) is 6.07 Å². The maximum absolute atomic E-state index is 5.25. The lowest BCUT2D eigenvalue weighted by Crippen LogP contribution is -2.33.